The van der Waals surface area contributed by atoms with Gasteiger partial charge in [-0.05, 0) is 36.8 Å². The number of hydrogen-bond donors (Lipinski definition) is 3. The first-order valence-corrected chi connectivity index (χ1v) is 10.2. The normalized spacial score (nSPS) is 12.2. The van der Waals surface area contributed by atoms with Crippen molar-refractivity contribution < 1.29 is 8.78 Å². The summed E-state index contributed by atoms with van der Waals surface area (Å²) in [6.45, 7) is 1.90. The molecule has 0 amide bonds. The number of rotatable bonds is 6. The third kappa shape index (κ3) is 3.73. The molecule has 2 aromatic carbocycles. The molecule has 0 radical (unpaired) electrons. The van der Waals surface area contributed by atoms with E-state index >= 15 is 0 Å². The van der Waals surface area contributed by atoms with Gasteiger partial charge in [0.25, 0.3) is 5.56 Å². The summed E-state index contributed by atoms with van der Waals surface area (Å²) in [5, 5.41) is 3.08. The first-order chi connectivity index (χ1) is 16.0. The minimum Gasteiger partial charge on any atom is -0.358 e. The van der Waals surface area contributed by atoms with E-state index in [-0.39, 0.29) is 16.7 Å². The standard InChI is InChI=1S/C22H18F2N8O/c1-2-15(29-20-18-19(26-10-25-18)27-11-28-20)21-30-16-8-4-7-14(24)17(16)22(33)32(21)31-13-6-3-5-12(23)9-13/h3-11,15,31H,2H2,1H3,(H2,25,26,27,28,29)/t15-/m0/s1. The summed E-state index contributed by atoms with van der Waals surface area (Å²) in [5.74, 6) is -0.464. The molecule has 0 spiro atoms. The van der Waals surface area contributed by atoms with Crippen molar-refractivity contribution in [1.82, 2.24) is 29.6 Å². The Balaban J connectivity index is 1.67. The van der Waals surface area contributed by atoms with Crippen molar-refractivity contribution >= 4 is 33.6 Å². The number of hydrogen-bond acceptors (Lipinski definition) is 7. The van der Waals surface area contributed by atoms with Gasteiger partial charge in [0, 0.05) is 0 Å². The molecule has 5 rings (SSSR count). The van der Waals surface area contributed by atoms with Gasteiger partial charge in [-0.15, -0.1) is 0 Å². The highest BCUT2D eigenvalue weighted by Gasteiger charge is 2.22. The van der Waals surface area contributed by atoms with Crippen LogP contribution < -0.4 is 16.3 Å². The van der Waals surface area contributed by atoms with Crippen LogP contribution in [-0.2, 0) is 0 Å². The number of aromatic nitrogens is 6. The van der Waals surface area contributed by atoms with E-state index in [1.807, 2.05) is 6.92 Å². The summed E-state index contributed by atoms with van der Waals surface area (Å²) in [7, 11) is 0. The van der Waals surface area contributed by atoms with Crippen LogP contribution in [0.15, 0.2) is 59.9 Å². The molecule has 166 valence electrons. The number of anilines is 2. The molecule has 3 N–H and O–H groups in total. The predicted molar refractivity (Wildman–Crippen MR) is 120 cm³/mol. The SMILES string of the molecule is CC[C@H](Nc1ncnc2[nH]cnc12)c1nc2cccc(F)c2c(=O)n1Nc1cccc(F)c1. The molecule has 1 atom stereocenters. The van der Waals surface area contributed by atoms with E-state index in [0.29, 0.717) is 29.1 Å². The number of fused-ring (bicyclic) bond motifs is 2. The van der Waals surface area contributed by atoms with Crippen LogP contribution in [0.1, 0.15) is 25.2 Å². The van der Waals surface area contributed by atoms with E-state index in [2.05, 4.69) is 35.7 Å². The second-order valence-electron chi connectivity index (χ2n) is 7.29. The summed E-state index contributed by atoms with van der Waals surface area (Å²) >= 11 is 0. The molecular formula is C22H18F2N8O. The van der Waals surface area contributed by atoms with Crippen LogP contribution in [0, 0.1) is 11.6 Å². The Morgan fingerprint density at radius 1 is 1.12 bits per heavy atom. The van der Waals surface area contributed by atoms with Crippen LogP contribution in [0.2, 0.25) is 0 Å². The topological polar surface area (TPSA) is 113 Å². The zero-order valence-corrected chi connectivity index (χ0v) is 17.4. The molecule has 9 nitrogen and oxygen atoms in total. The van der Waals surface area contributed by atoms with E-state index in [1.165, 1.54) is 43.0 Å². The predicted octanol–water partition coefficient (Wildman–Crippen LogP) is 3.78. The molecule has 0 unspecified atom stereocenters. The van der Waals surface area contributed by atoms with Gasteiger partial charge in [0.15, 0.2) is 17.3 Å². The van der Waals surface area contributed by atoms with Gasteiger partial charge in [-0.2, -0.15) is 0 Å². The lowest BCUT2D eigenvalue weighted by Gasteiger charge is -2.22. The Hall–Kier alpha value is -4.41. The summed E-state index contributed by atoms with van der Waals surface area (Å²) < 4.78 is 29.5. The van der Waals surface area contributed by atoms with Crippen molar-refractivity contribution in [1.29, 1.82) is 0 Å². The summed E-state index contributed by atoms with van der Waals surface area (Å²) in [4.78, 5) is 33.5. The Morgan fingerprint density at radius 3 is 2.79 bits per heavy atom. The molecule has 0 saturated heterocycles. The molecule has 0 saturated carbocycles. The van der Waals surface area contributed by atoms with Crippen LogP contribution in [0.5, 0.6) is 0 Å². The zero-order valence-electron chi connectivity index (χ0n) is 17.4. The number of benzene rings is 2. The molecule has 33 heavy (non-hydrogen) atoms. The summed E-state index contributed by atoms with van der Waals surface area (Å²) in [6.07, 6.45) is 3.38. The second kappa shape index (κ2) is 8.26. The maximum Gasteiger partial charge on any atom is 0.283 e. The van der Waals surface area contributed by atoms with Gasteiger partial charge in [0.2, 0.25) is 0 Å². The Bertz CT molecular complexity index is 1530. The molecule has 0 aliphatic rings. The number of aromatic amines is 1. The fourth-order valence-corrected chi connectivity index (χ4v) is 3.62. The average molecular weight is 448 g/mol. The van der Waals surface area contributed by atoms with E-state index in [4.69, 9.17) is 0 Å². The van der Waals surface area contributed by atoms with E-state index < -0.39 is 23.2 Å². The average Bonchev–Trinajstić information content (AvgIpc) is 3.29. The molecule has 3 aromatic heterocycles. The van der Waals surface area contributed by atoms with Gasteiger partial charge in [-0.1, -0.05) is 19.1 Å². The number of nitrogens with zero attached hydrogens (tertiary/aromatic N) is 5. The Labute approximate surface area is 185 Å². The lowest BCUT2D eigenvalue weighted by Crippen LogP contribution is -2.34. The van der Waals surface area contributed by atoms with Crippen LogP contribution in [0.25, 0.3) is 22.1 Å². The van der Waals surface area contributed by atoms with Crippen LogP contribution in [0.3, 0.4) is 0 Å². The third-order valence-corrected chi connectivity index (χ3v) is 5.19. The molecule has 11 heteroatoms. The number of nitrogens with one attached hydrogen (secondary N) is 3. The monoisotopic (exact) mass is 448 g/mol. The largest absolute Gasteiger partial charge is 0.358 e. The molecule has 0 bridgehead atoms. The fraction of sp³-hybridized carbons (Fsp3) is 0.136. The molecule has 3 heterocycles. The van der Waals surface area contributed by atoms with Gasteiger partial charge in [0.1, 0.15) is 28.9 Å². The minimum absolute atomic E-state index is 0.170. The maximum absolute atomic E-state index is 14.5. The summed E-state index contributed by atoms with van der Waals surface area (Å²) in [5.41, 5.74) is 3.81. The fourth-order valence-electron chi connectivity index (χ4n) is 3.62. The minimum atomic E-state index is -0.693. The molecular weight excluding hydrogens is 430 g/mol. The number of imidazole rings is 1. The van der Waals surface area contributed by atoms with Gasteiger partial charge in [0.05, 0.1) is 23.6 Å². The number of halogens is 2. The van der Waals surface area contributed by atoms with Crippen molar-refractivity contribution in [2.75, 3.05) is 10.7 Å². The molecule has 5 aromatic rings. The highest BCUT2D eigenvalue weighted by atomic mass is 19.1. The highest BCUT2D eigenvalue weighted by Crippen LogP contribution is 2.25. The maximum atomic E-state index is 14.5. The van der Waals surface area contributed by atoms with E-state index in [1.54, 1.807) is 12.1 Å². The van der Waals surface area contributed by atoms with Crippen molar-refractivity contribution in [3.63, 3.8) is 0 Å². The third-order valence-electron chi connectivity index (χ3n) is 5.19. The van der Waals surface area contributed by atoms with Crippen LogP contribution in [0.4, 0.5) is 20.3 Å². The first-order valence-electron chi connectivity index (χ1n) is 10.2. The second-order valence-corrected chi connectivity index (χ2v) is 7.29. The smallest absolute Gasteiger partial charge is 0.283 e. The van der Waals surface area contributed by atoms with Crippen molar-refractivity contribution in [2.45, 2.75) is 19.4 Å². The zero-order chi connectivity index (χ0) is 22.9. The van der Waals surface area contributed by atoms with Crippen LogP contribution in [-0.4, -0.2) is 29.6 Å². The van der Waals surface area contributed by atoms with Crippen molar-refractivity contribution in [3.8, 4) is 0 Å². The van der Waals surface area contributed by atoms with Crippen molar-refractivity contribution in [2.24, 2.45) is 0 Å². The summed E-state index contributed by atoms with van der Waals surface area (Å²) in [6, 6.07) is 9.34. The molecule has 0 aliphatic heterocycles. The Morgan fingerprint density at radius 2 is 1.97 bits per heavy atom. The van der Waals surface area contributed by atoms with Gasteiger partial charge >= 0.3 is 0 Å². The quantitative estimate of drug-likeness (QED) is 0.362. The number of H-pyrrole nitrogens is 1. The van der Waals surface area contributed by atoms with Crippen molar-refractivity contribution in [3.05, 3.63) is 82.9 Å². The lowest BCUT2D eigenvalue weighted by atomic mass is 10.1. The molecule has 0 aliphatic carbocycles. The molecule has 0 fully saturated rings. The highest BCUT2D eigenvalue weighted by molar-refractivity contribution is 5.82. The lowest BCUT2D eigenvalue weighted by molar-refractivity contribution is 0.618. The van der Waals surface area contributed by atoms with Gasteiger partial charge in [-0.25, -0.2) is 33.4 Å². The van der Waals surface area contributed by atoms with E-state index in [0.717, 1.165) is 4.68 Å². The van der Waals surface area contributed by atoms with E-state index in [9.17, 15) is 13.6 Å². The van der Waals surface area contributed by atoms with Gasteiger partial charge in [-0.3, -0.25) is 10.2 Å². The Kier molecular flexibility index (Phi) is 5.13. The van der Waals surface area contributed by atoms with Crippen LogP contribution >= 0.6 is 0 Å². The van der Waals surface area contributed by atoms with Gasteiger partial charge < -0.3 is 10.3 Å². The first kappa shape index (κ1) is 20.5.